The van der Waals surface area contributed by atoms with Crippen LogP contribution in [0.3, 0.4) is 0 Å². The number of hydrogen-bond donors (Lipinski definition) is 1. The quantitative estimate of drug-likeness (QED) is 0.774. The molecule has 1 aromatic heterocycles. The summed E-state index contributed by atoms with van der Waals surface area (Å²) in [6.07, 6.45) is 0.933. The third kappa shape index (κ3) is 4.71. The molecule has 0 aliphatic carbocycles. The van der Waals surface area contributed by atoms with Crippen LogP contribution in [0, 0.1) is 0 Å². The number of nitrogens with one attached hydrogen (secondary N) is 1. The molecule has 0 radical (unpaired) electrons. The fourth-order valence-electron chi connectivity index (χ4n) is 3.03. The second-order valence-corrected chi connectivity index (χ2v) is 6.92. The van der Waals surface area contributed by atoms with Crippen molar-refractivity contribution in [1.82, 2.24) is 20.0 Å². The van der Waals surface area contributed by atoms with E-state index in [0.717, 1.165) is 50.7 Å². The van der Waals surface area contributed by atoms with E-state index in [-0.39, 0.29) is 11.8 Å². The third-order valence-corrected chi connectivity index (χ3v) is 4.59. The van der Waals surface area contributed by atoms with Crippen molar-refractivity contribution >= 4 is 5.91 Å². The molecule has 0 saturated carbocycles. The monoisotopic (exact) mass is 356 g/mol. The molecule has 6 heteroatoms. The largest absolute Gasteiger partial charge is 0.379 e. The standard InChI is InChI=1S/C20H28N4O2/c1-16(2)18-15-19(24(22-18)17-7-4-3-5-8-17)20(25)21-9-6-10-23-11-13-26-14-12-23/h3-5,7-8,15-16H,6,9-14H2,1-2H3,(H,21,25). The highest BCUT2D eigenvalue weighted by atomic mass is 16.5. The zero-order valence-electron chi connectivity index (χ0n) is 15.6. The van der Waals surface area contributed by atoms with E-state index in [1.54, 1.807) is 4.68 Å². The van der Waals surface area contributed by atoms with Gasteiger partial charge >= 0.3 is 0 Å². The van der Waals surface area contributed by atoms with Gasteiger partial charge in [0.25, 0.3) is 5.91 Å². The molecule has 6 nitrogen and oxygen atoms in total. The lowest BCUT2D eigenvalue weighted by atomic mass is 10.1. The summed E-state index contributed by atoms with van der Waals surface area (Å²) in [6.45, 7) is 9.38. The van der Waals surface area contributed by atoms with Crippen LogP contribution >= 0.6 is 0 Å². The molecule has 1 aliphatic rings. The number of ether oxygens (including phenoxy) is 1. The lowest BCUT2D eigenvalue weighted by Crippen LogP contribution is -2.38. The molecule has 1 amide bonds. The van der Waals surface area contributed by atoms with Crippen LogP contribution in [-0.4, -0.2) is 60.0 Å². The molecule has 1 fully saturated rings. The first-order chi connectivity index (χ1) is 12.6. The first kappa shape index (κ1) is 18.6. The Morgan fingerprint density at radius 3 is 2.65 bits per heavy atom. The van der Waals surface area contributed by atoms with E-state index in [2.05, 4.69) is 29.2 Å². The van der Waals surface area contributed by atoms with Crippen molar-refractivity contribution in [2.45, 2.75) is 26.2 Å². The molecule has 2 heterocycles. The average molecular weight is 356 g/mol. The molecule has 1 aliphatic heterocycles. The van der Waals surface area contributed by atoms with Crippen molar-refractivity contribution in [3.05, 3.63) is 47.8 Å². The van der Waals surface area contributed by atoms with E-state index in [1.165, 1.54) is 0 Å². The van der Waals surface area contributed by atoms with Gasteiger partial charge in [-0.05, 0) is 37.1 Å². The second kappa shape index (κ2) is 8.96. The van der Waals surface area contributed by atoms with Crippen molar-refractivity contribution in [3.8, 4) is 5.69 Å². The van der Waals surface area contributed by atoms with Gasteiger partial charge < -0.3 is 10.1 Å². The van der Waals surface area contributed by atoms with Crippen molar-refractivity contribution in [3.63, 3.8) is 0 Å². The molecule has 0 bridgehead atoms. The molecule has 0 spiro atoms. The van der Waals surface area contributed by atoms with Gasteiger partial charge in [-0.15, -0.1) is 0 Å². The summed E-state index contributed by atoms with van der Waals surface area (Å²) >= 11 is 0. The maximum Gasteiger partial charge on any atom is 0.270 e. The Bertz CT molecular complexity index is 706. The summed E-state index contributed by atoms with van der Waals surface area (Å²) < 4.78 is 7.10. The van der Waals surface area contributed by atoms with Gasteiger partial charge in [0.1, 0.15) is 5.69 Å². The summed E-state index contributed by atoms with van der Waals surface area (Å²) in [6, 6.07) is 11.7. The lowest BCUT2D eigenvalue weighted by Gasteiger charge is -2.26. The van der Waals surface area contributed by atoms with Gasteiger partial charge in [0.2, 0.25) is 0 Å². The third-order valence-electron chi connectivity index (χ3n) is 4.59. The maximum atomic E-state index is 12.7. The predicted molar refractivity (Wildman–Crippen MR) is 102 cm³/mol. The summed E-state index contributed by atoms with van der Waals surface area (Å²) in [7, 11) is 0. The molecule has 1 aromatic carbocycles. The lowest BCUT2D eigenvalue weighted by molar-refractivity contribution is 0.0374. The van der Waals surface area contributed by atoms with E-state index in [9.17, 15) is 4.79 Å². The highest BCUT2D eigenvalue weighted by Crippen LogP contribution is 2.18. The Hall–Kier alpha value is -2.18. The molecule has 1 saturated heterocycles. The number of nitrogens with zero attached hydrogens (tertiary/aromatic N) is 3. The van der Waals surface area contributed by atoms with Crippen LogP contribution in [0.25, 0.3) is 5.69 Å². The number of para-hydroxylation sites is 1. The van der Waals surface area contributed by atoms with Crippen LogP contribution < -0.4 is 5.32 Å². The highest BCUT2D eigenvalue weighted by Gasteiger charge is 2.18. The molecular weight excluding hydrogens is 328 g/mol. The fourth-order valence-corrected chi connectivity index (χ4v) is 3.03. The number of rotatable bonds is 7. The van der Waals surface area contributed by atoms with Gasteiger partial charge in [-0.1, -0.05) is 32.0 Å². The summed E-state index contributed by atoms with van der Waals surface area (Å²) in [5, 5.41) is 7.68. The molecule has 3 rings (SSSR count). The van der Waals surface area contributed by atoms with Crippen LogP contribution in [0.5, 0.6) is 0 Å². The molecule has 1 N–H and O–H groups in total. The minimum absolute atomic E-state index is 0.0739. The van der Waals surface area contributed by atoms with E-state index in [1.807, 2.05) is 36.4 Å². The Balaban J connectivity index is 1.62. The summed E-state index contributed by atoms with van der Waals surface area (Å²) in [5.41, 5.74) is 2.41. The molecule has 140 valence electrons. The maximum absolute atomic E-state index is 12.7. The number of morpholine rings is 1. The number of benzene rings is 1. The van der Waals surface area contributed by atoms with E-state index >= 15 is 0 Å². The van der Waals surface area contributed by atoms with Crippen molar-refractivity contribution < 1.29 is 9.53 Å². The van der Waals surface area contributed by atoms with E-state index < -0.39 is 0 Å². The molecular formula is C20H28N4O2. The van der Waals surface area contributed by atoms with Crippen LogP contribution in [0.2, 0.25) is 0 Å². The van der Waals surface area contributed by atoms with Gasteiger partial charge in [-0.2, -0.15) is 5.10 Å². The molecule has 2 aromatic rings. The van der Waals surface area contributed by atoms with Gasteiger partial charge in [0.15, 0.2) is 0 Å². The number of carbonyl (C=O) groups excluding carboxylic acids is 1. The van der Waals surface area contributed by atoms with E-state index in [4.69, 9.17) is 4.74 Å². The number of hydrogen-bond acceptors (Lipinski definition) is 4. The first-order valence-electron chi connectivity index (χ1n) is 9.39. The second-order valence-electron chi connectivity index (χ2n) is 6.92. The SMILES string of the molecule is CC(C)c1cc(C(=O)NCCCN2CCOCC2)n(-c2ccccc2)n1. The zero-order chi connectivity index (χ0) is 18.4. The van der Waals surface area contributed by atoms with Crippen LogP contribution in [0.15, 0.2) is 36.4 Å². The molecule has 26 heavy (non-hydrogen) atoms. The Morgan fingerprint density at radius 2 is 1.96 bits per heavy atom. The molecule has 0 atom stereocenters. The fraction of sp³-hybridized carbons (Fsp3) is 0.500. The van der Waals surface area contributed by atoms with Crippen molar-refractivity contribution in [2.75, 3.05) is 39.4 Å². The Morgan fingerprint density at radius 1 is 1.23 bits per heavy atom. The Kier molecular flexibility index (Phi) is 6.41. The van der Waals surface area contributed by atoms with Crippen LogP contribution in [0.1, 0.15) is 42.4 Å². The summed E-state index contributed by atoms with van der Waals surface area (Å²) in [4.78, 5) is 15.1. The van der Waals surface area contributed by atoms with Gasteiger partial charge in [0.05, 0.1) is 24.6 Å². The topological polar surface area (TPSA) is 59.4 Å². The Labute approximate surface area is 155 Å². The van der Waals surface area contributed by atoms with Crippen molar-refractivity contribution in [1.29, 1.82) is 0 Å². The number of aromatic nitrogens is 2. The van der Waals surface area contributed by atoms with Crippen molar-refractivity contribution in [2.24, 2.45) is 0 Å². The smallest absolute Gasteiger partial charge is 0.270 e. The normalized spacial score (nSPS) is 15.3. The van der Waals surface area contributed by atoms with Gasteiger partial charge in [-0.3, -0.25) is 9.69 Å². The zero-order valence-corrected chi connectivity index (χ0v) is 15.6. The predicted octanol–water partition coefficient (Wildman–Crippen LogP) is 2.45. The highest BCUT2D eigenvalue weighted by molar-refractivity contribution is 5.93. The number of carbonyl (C=O) groups is 1. The van der Waals surface area contributed by atoms with E-state index in [0.29, 0.717) is 12.2 Å². The minimum Gasteiger partial charge on any atom is -0.379 e. The van der Waals surface area contributed by atoms with Crippen LogP contribution in [0.4, 0.5) is 0 Å². The summed E-state index contributed by atoms with van der Waals surface area (Å²) in [5.74, 6) is 0.197. The number of amides is 1. The molecule has 0 unspecified atom stereocenters. The van der Waals surface area contributed by atoms with Gasteiger partial charge in [0, 0.05) is 19.6 Å². The first-order valence-corrected chi connectivity index (χ1v) is 9.39. The van der Waals surface area contributed by atoms with Gasteiger partial charge in [-0.25, -0.2) is 4.68 Å². The minimum atomic E-state index is -0.0739. The van der Waals surface area contributed by atoms with Crippen LogP contribution in [-0.2, 0) is 4.74 Å². The average Bonchev–Trinajstić information content (AvgIpc) is 3.12.